The van der Waals surface area contributed by atoms with Crippen LogP contribution < -0.4 is 0 Å². The normalized spacial score (nSPS) is 15.1. The first kappa shape index (κ1) is 13.6. The van der Waals surface area contributed by atoms with Crippen molar-refractivity contribution in [3.05, 3.63) is 70.0 Å². The van der Waals surface area contributed by atoms with E-state index in [2.05, 4.69) is 17.0 Å². The maximum atomic E-state index is 13.3. The van der Waals surface area contributed by atoms with Gasteiger partial charge in [0.2, 0.25) is 0 Å². The molecule has 0 fully saturated rings. The van der Waals surface area contributed by atoms with E-state index in [0.29, 0.717) is 0 Å². The molecule has 104 valence electrons. The highest BCUT2D eigenvalue weighted by Crippen LogP contribution is 2.20. The second-order valence-electron chi connectivity index (χ2n) is 5.32. The van der Waals surface area contributed by atoms with Crippen LogP contribution in [0.5, 0.6) is 0 Å². The molecule has 0 spiro atoms. The largest absolute Gasteiger partial charge is 0.298 e. The predicted octanol–water partition coefficient (Wildman–Crippen LogP) is 4.08. The zero-order valence-electron chi connectivity index (χ0n) is 11.3. The summed E-state index contributed by atoms with van der Waals surface area (Å²) >= 11 is 5.89. The second kappa shape index (κ2) is 5.94. The zero-order valence-corrected chi connectivity index (χ0v) is 12.0. The number of hydrogen-bond donors (Lipinski definition) is 0. The van der Waals surface area contributed by atoms with Crippen molar-refractivity contribution in [1.29, 1.82) is 0 Å². The molecule has 2 aromatic carbocycles. The summed E-state index contributed by atoms with van der Waals surface area (Å²) in [6.07, 6.45) is 2.01. The predicted molar refractivity (Wildman–Crippen MR) is 80.5 cm³/mol. The maximum Gasteiger partial charge on any atom is 0.123 e. The molecule has 0 unspecified atom stereocenters. The lowest BCUT2D eigenvalue weighted by molar-refractivity contribution is 0.257. The van der Waals surface area contributed by atoms with E-state index in [4.69, 9.17) is 11.6 Å². The summed E-state index contributed by atoms with van der Waals surface area (Å²) in [7, 11) is 0. The van der Waals surface area contributed by atoms with Gasteiger partial charge in [0.15, 0.2) is 0 Å². The SMILES string of the molecule is Fc1ccc2c(c1)CN(CCc1ccc(Cl)cc1)CC2. The monoisotopic (exact) mass is 289 g/mol. The first-order valence-electron chi connectivity index (χ1n) is 6.95. The lowest BCUT2D eigenvalue weighted by Crippen LogP contribution is -2.32. The average molecular weight is 290 g/mol. The number of nitrogens with zero attached hydrogens (tertiary/aromatic N) is 1. The Morgan fingerprint density at radius 3 is 2.65 bits per heavy atom. The van der Waals surface area contributed by atoms with E-state index in [9.17, 15) is 4.39 Å². The fourth-order valence-corrected chi connectivity index (χ4v) is 2.84. The van der Waals surface area contributed by atoms with Crippen molar-refractivity contribution in [2.24, 2.45) is 0 Å². The number of benzene rings is 2. The number of hydrogen-bond acceptors (Lipinski definition) is 1. The minimum atomic E-state index is -0.136. The number of rotatable bonds is 3. The van der Waals surface area contributed by atoms with Crippen LogP contribution in [0.25, 0.3) is 0 Å². The number of fused-ring (bicyclic) bond motifs is 1. The molecule has 0 saturated heterocycles. The van der Waals surface area contributed by atoms with Gasteiger partial charge in [-0.3, -0.25) is 4.90 Å². The Balaban J connectivity index is 1.61. The van der Waals surface area contributed by atoms with Gasteiger partial charge in [-0.25, -0.2) is 4.39 Å². The van der Waals surface area contributed by atoms with Crippen LogP contribution in [0.2, 0.25) is 5.02 Å². The summed E-state index contributed by atoms with van der Waals surface area (Å²) in [5.41, 5.74) is 3.71. The third-order valence-corrected chi connectivity index (χ3v) is 4.14. The minimum absolute atomic E-state index is 0.136. The van der Waals surface area contributed by atoms with Crippen LogP contribution in [0, 0.1) is 5.82 Å². The van der Waals surface area contributed by atoms with Crippen LogP contribution in [0.4, 0.5) is 4.39 Å². The molecule has 1 heterocycles. The molecule has 0 atom stereocenters. The molecule has 0 aromatic heterocycles. The summed E-state index contributed by atoms with van der Waals surface area (Å²) in [4.78, 5) is 2.39. The Bertz CT molecular complexity index is 594. The first-order valence-corrected chi connectivity index (χ1v) is 7.32. The number of halogens is 2. The molecule has 0 saturated carbocycles. The van der Waals surface area contributed by atoms with Gasteiger partial charge in [0.1, 0.15) is 5.82 Å². The fourth-order valence-electron chi connectivity index (χ4n) is 2.71. The van der Waals surface area contributed by atoms with Gasteiger partial charge >= 0.3 is 0 Å². The van der Waals surface area contributed by atoms with Crippen molar-refractivity contribution >= 4 is 11.6 Å². The highest BCUT2D eigenvalue weighted by molar-refractivity contribution is 6.30. The lowest BCUT2D eigenvalue weighted by Gasteiger charge is -2.28. The molecule has 20 heavy (non-hydrogen) atoms. The van der Waals surface area contributed by atoms with E-state index in [1.807, 2.05) is 18.2 Å². The van der Waals surface area contributed by atoms with Gasteiger partial charge in [-0.05, 0) is 53.8 Å². The zero-order chi connectivity index (χ0) is 13.9. The molecule has 3 rings (SSSR count). The Hall–Kier alpha value is -1.38. The minimum Gasteiger partial charge on any atom is -0.298 e. The molecule has 3 heteroatoms. The highest BCUT2D eigenvalue weighted by atomic mass is 35.5. The summed E-state index contributed by atoms with van der Waals surface area (Å²) in [5, 5.41) is 0.774. The van der Waals surface area contributed by atoms with Gasteiger partial charge in [0, 0.05) is 24.7 Å². The highest BCUT2D eigenvalue weighted by Gasteiger charge is 2.16. The van der Waals surface area contributed by atoms with Crippen LogP contribution in [0.15, 0.2) is 42.5 Å². The smallest absolute Gasteiger partial charge is 0.123 e. The van der Waals surface area contributed by atoms with Crippen LogP contribution in [-0.4, -0.2) is 18.0 Å². The molecule has 0 amide bonds. The molecule has 0 radical (unpaired) electrons. The molecule has 1 aliphatic heterocycles. The van der Waals surface area contributed by atoms with Crippen molar-refractivity contribution in [3.63, 3.8) is 0 Å². The van der Waals surface area contributed by atoms with E-state index < -0.39 is 0 Å². The fraction of sp³-hybridized carbons (Fsp3) is 0.294. The molecule has 1 aliphatic rings. The topological polar surface area (TPSA) is 3.24 Å². The lowest BCUT2D eigenvalue weighted by atomic mass is 9.99. The molecular formula is C17H17ClFN. The molecule has 0 N–H and O–H groups in total. The standard InChI is InChI=1S/C17H17ClFN/c18-16-4-1-13(2-5-16)7-9-20-10-8-14-3-6-17(19)11-15(14)12-20/h1-6,11H,7-10,12H2. The van der Waals surface area contributed by atoms with Crippen molar-refractivity contribution < 1.29 is 4.39 Å². The summed E-state index contributed by atoms with van der Waals surface area (Å²) < 4.78 is 13.3. The molecule has 0 bridgehead atoms. The van der Waals surface area contributed by atoms with Gasteiger partial charge in [-0.15, -0.1) is 0 Å². The van der Waals surface area contributed by atoms with Gasteiger partial charge in [0.25, 0.3) is 0 Å². The van der Waals surface area contributed by atoms with Crippen LogP contribution >= 0.6 is 11.6 Å². The Morgan fingerprint density at radius 1 is 1.05 bits per heavy atom. The van der Waals surface area contributed by atoms with Crippen molar-refractivity contribution in [1.82, 2.24) is 4.90 Å². The summed E-state index contributed by atoms with van der Waals surface area (Å²) in [6.45, 7) is 2.89. The van der Waals surface area contributed by atoms with Crippen LogP contribution in [0.1, 0.15) is 16.7 Å². The molecule has 2 aromatic rings. The van der Waals surface area contributed by atoms with Gasteiger partial charge < -0.3 is 0 Å². The quantitative estimate of drug-likeness (QED) is 0.823. The molecule has 0 aliphatic carbocycles. The molecular weight excluding hydrogens is 273 g/mol. The van der Waals surface area contributed by atoms with Gasteiger partial charge in [-0.2, -0.15) is 0 Å². The van der Waals surface area contributed by atoms with Crippen molar-refractivity contribution in [3.8, 4) is 0 Å². The summed E-state index contributed by atoms with van der Waals surface area (Å²) in [5.74, 6) is -0.136. The Labute approximate surface area is 124 Å². The van der Waals surface area contributed by atoms with Crippen molar-refractivity contribution in [2.75, 3.05) is 13.1 Å². The van der Waals surface area contributed by atoms with E-state index in [0.717, 1.165) is 43.1 Å². The van der Waals surface area contributed by atoms with Gasteiger partial charge in [-0.1, -0.05) is 29.8 Å². The van der Waals surface area contributed by atoms with Crippen molar-refractivity contribution in [2.45, 2.75) is 19.4 Å². The maximum absolute atomic E-state index is 13.3. The Morgan fingerprint density at radius 2 is 1.85 bits per heavy atom. The van der Waals surface area contributed by atoms with Crippen LogP contribution in [-0.2, 0) is 19.4 Å². The first-order chi connectivity index (χ1) is 9.70. The van der Waals surface area contributed by atoms with Gasteiger partial charge in [0.05, 0.1) is 0 Å². The average Bonchev–Trinajstić information content (AvgIpc) is 2.46. The third kappa shape index (κ3) is 3.20. The van der Waals surface area contributed by atoms with E-state index in [1.54, 1.807) is 12.1 Å². The third-order valence-electron chi connectivity index (χ3n) is 3.89. The van der Waals surface area contributed by atoms with Crippen LogP contribution in [0.3, 0.4) is 0 Å². The summed E-state index contributed by atoms with van der Waals surface area (Å²) in [6, 6.07) is 13.1. The second-order valence-corrected chi connectivity index (χ2v) is 5.75. The Kier molecular flexibility index (Phi) is 4.04. The van der Waals surface area contributed by atoms with E-state index >= 15 is 0 Å². The van der Waals surface area contributed by atoms with E-state index in [-0.39, 0.29) is 5.82 Å². The molecule has 1 nitrogen and oxygen atoms in total. The van der Waals surface area contributed by atoms with E-state index in [1.165, 1.54) is 11.1 Å².